The van der Waals surface area contributed by atoms with Gasteiger partial charge in [-0.2, -0.15) is 0 Å². The minimum atomic E-state index is 0.599. The van der Waals surface area contributed by atoms with Gasteiger partial charge in [0, 0.05) is 59.4 Å². The van der Waals surface area contributed by atoms with Crippen molar-refractivity contribution in [2.45, 2.75) is 32.9 Å². The molecule has 0 amide bonds. The second kappa shape index (κ2) is 11.5. The van der Waals surface area contributed by atoms with Crippen LogP contribution in [0.15, 0.2) is 29.3 Å². The summed E-state index contributed by atoms with van der Waals surface area (Å²) in [6, 6.07) is 9.01. The van der Waals surface area contributed by atoms with Crippen molar-refractivity contribution in [3.63, 3.8) is 0 Å². The molecule has 0 saturated carbocycles. The number of nitrogens with one attached hydrogen (secondary N) is 2. The van der Waals surface area contributed by atoms with E-state index in [-0.39, 0.29) is 0 Å². The molecule has 1 aromatic carbocycles. The Bertz CT molecular complexity index is 615. The number of likely N-dealkylation sites (N-methyl/N-ethyl adjacent to an activating group) is 1. The Morgan fingerprint density at radius 1 is 0.931 bits per heavy atom. The fourth-order valence-electron chi connectivity index (χ4n) is 4.17. The number of aliphatic imine (C=N–C) groups is 1. The molecular weight excluding hydrogens is 360 g/mol. The van der Waals surface area contributed by atoms with Crippen molar-refractivity contribution in [2.24, 2.45) is 10.9 Å². The molecule has 162 valence electrons. The van der Waals surface area contributed by atoms with Crippen LogP contribution in [-0.4, -0.2) is 87.1 Å². The number of piperazine rings is 1. The van der Waals surface area contributed by atoms with Crippen LogP contribution in [0.3, 0.4) is 0 Å². The SMILES string of the molecule is CN=C(NCc1ccc(CN2CCCC2)cc1)NCC(C)CN1CCN(C)CC1. The van der Waals surface area contributed by atoms with Gasteiger partial charge < -0.3 is 20.4 Å². The van der Waals surface area contributed by atoms with Crippen molar-refractivity contribution >= 4 is 5.96 Å². The highest BCUT2D eigenvalue weighted by atomic mass is 15.2. The lowest BCUT2D eigenvalue weighted by molar-refractivity contribution is 0.139. The Labute approximate surface area is 177 Å². The van der Waals surface area contributed by atoms with Crippen LogP contribution in [0, 0.1) is 5.92 Å². The van der Waals surface area contributed by atoms with Crippen molar-refractivity contribution in [3.8, 4) is 0 Å². The Balaban J connectivity index is 1.35. The maximum atomic E-state index is 4.39. The third kappa shape index (κ3) is 7.61. The van der Waals surface area contributed by atoms with Crippen molar-refractivity contribution < 1.29 is 0 Å². The molecule has 0 spiro atoms. The Morgan fingerprint density at radius 2 is 1.59 bits per heavy atom. The van der Waals surface area contributed by atoms with Crippen LogP contribution in [-0.2, 0) is 13.1 Å². The molecule has 29 heavy (non-hydrogen) atoms. The second-order valence-corrected chi connectivity index (χ2v) is 8.82. The molecule has 6 heteroatoms. The average molecular weight is 401 g/mol. The number of likely N-dealkylation sites (tertiary alicyclic amines) is 1. The standard InChI is InChI=1S/C23H40N6/c1-20(18-29-14-12-27(3)13-15-29)16-25-23(24-2)26-17-21-6-8-22(9-7-21)19-28-10-4-5-11-28/h6-9,20H,4-5,10-19H2,1-3H3,(H2,24,25,26). The monoisotopic (exact) mass is 400 g/mol. The van der Waals surface area contributed by atoms with Crippen LogP contribution in [0.1, 0.15) is 30.9 Å². The van der Waals surface area contributed by atoms with Crippen LogP contribution < -0.4 is 10.6 Å². The summed E-state index contributed by atoms with van der Waals surface area (Å²) in [6.45, 7) is 13.5. The molecule has 2 N–H and O–H groups in total. The van der Waals surface area contributed by atoms with Gasteiger partial charge in [0.1, 0.15) is 0 Å². The normalized spacial score (nSPS) is 20.7. The summed E-state index contributed by atoms with van der Waals surface area (Å²) in [5.41, 5.74) is 2.71. The third-order valence-electron chi connectivity index (χ3n) is 6.10. The fraction of sp³-hybridized carbons (Fsp3) is 0.696. The van der Waals surface area contributed by atoms with Crippen molar-refractivity contribution in [1.82, 2.24) is 25.3 Å². The second-order valence-electron chi connectivity index (χ2n) is 8.82. The molecule has 2 aliphatic heterocycles. The minimum Gasteiger partial charge on any atom is -0.356 e. The molecule has 2 heterocycles. The van der Waals surface area contributed by atoms with Crippen molar-refractivity contribution in [1.29, 1.82) is 0 Å². The third-order valence-corrected chi connectivity index (χ3v) is 6.10. The van der Waals surface area contributed by atoms with E-state index < -0.39 is 0 Å². The molecule has 0 aromatic heterocycles. The molecule has 2 fully saturated rings. The Hall–Kier alpha value is -1.63. The van der Waals surface area contributed by atoms with Gasteiger partial charge in [0.15, 0.2) is 5.96 Å². The van der Waals surface area contributed by atoms with E-state index in [1.807, 2.05) is 7.05 Å². The van der Waals surface area contributed by atoms with E-state index in [0.29, 0.717) is 5.92 Å². The van der Waals surface area contributed by atoms with Gasteiger partial charge in [-0.05, 0) is 50.0 Å². The molecule has 0 bridgehead atoms. The molecule has 2 aliphatic rings. The van der Waals surface area contributed by atoms with E-state index >= 15 is 0 Å². The highest BCUT2D eigenvalue weighted by Crippen LogP contribution is 2.13. The lowest BCUT2D eigenvalue weighted by Gasteiger charge is -2.34. The summed E-state index contributed by atoms with van der Waals surface area (Å²) < 4.78 is 0. The number of nitrogens with zero attached hydrogens (tertiary/aromatic N) is 4. The van der Waals surface area contributed by atoms with E-state index in [4.69, 9.17) is 0 Å². The summed E-state index contributed by atoms with van der Waals surface area (Å²) in [6.07, 6.45) is 2.70. The molecule has 0 radical (unpaired) electrons. The molecule has 1 atom stereocenters. The zero-order valence-corrected chi connectivity index (χ0v) is 18.7. The zero-order valence-electron chi connectivity index (χ0n) is 18.7. The molecule has 2 saturated heterocycles. The first-order chi connectivity index (χ1) is 14.1. The van der Waals surface area contributed by atoms with E-state index in [1.165, 1.54) is 63.2 Å². The zero-order chi connectivity index (χ0) is 20.5. The lowest BCUT2D eigenvalue weighted by Crippen LogP contribution is -2.47. The maximum Gasteiger partial charge on any atom is 0.191 e. The summed E-state index contributed by atoms with van der Waals surface area (Å²) in [5.74, 6) is 1.48. The van der Waals surface area contributed by atoms with Crippen LogP contribution in [0.4, 0.5) is 0 Å². The van der Waals surface area contributed by atoms with Gasteiger partial charge in [0.2, 0.25) is 0 Å². The topological polar surface area (TPSA) is 46.1 Å². The highest BCUT2D eigenvalue weighted by Gasteiger charge is 2.16. The van der Waals surface area contributed by atoms with Gasteiger partial charge in [0.25, 0.3) is 0 Å². The van der Waals surface area contributed by atoms with Crippen molar-refractivity contribution in [3.05, 3.63) is 35.4 Å². The molecule has 3 rings (SSSR count). The number of hydrogen-bond donors (Lipinski definition) is 2. The first-order valence-electron chi connectivity index (χ1n) is 11.3. The van der Waals surface area contributed by atoms with E-state index in [0.717, 1.165) is 32.1 Å². The molecule has 1 unspecified atom stereocenters. The first-order valence-corrected chi connectivity index (χ1v) is 11.3. The number of guanidine groups is 1. The number of hydrogen-bond acceptors (Lipinski definition) is 4. The summed E-state index contributed by atoms with van der Waals surface area (Å²) in [4.78, 5) is 11.9. The minimum absolute atomic E-state index is 0.599. The average Bonchev–Trinajstić information content (AvgIpc) is 3.24. The highest BCUT2D eigenvalue weighted by molar-refractivity contribution is 5.79. The van der Waals surface area contributed by atoms with Crippen LogP contribution in [0.5, 0.6) is 0 Å². The van der Waals surface area contributed by atoms with Crippen LogP contribution >= 0.6 is 0 Å². The van der Waals surface area contributed by atoms with Gasteiger partial charge in [0.05, 0.1) is 0 Å². The lowest BCUT2D eigenvalue weighted by atomic mass is 10.1. The predicted molar refractivity (Wildman–Crippen MR) is 122 cm³/mol. The van der Waals surface area contributed by atoms with E-state index in [9.17, 15) is 0 Å². The molecule has 0 aliphatic carbocycles. The quantitative estimate of drug-likeness (QED) is 0.515. The predicted octanol–water partition coefficient (Wildman–Crippen LogP) is 1.83. The number of benzene rings is 1. The number of rotatable bonds is 8. The smallest absolute Gasteiger partial charge is 0.191 e. The van der Waals surface area contributed by atoms with Gasteiger partial charge in [-0.3, -0.25) is 9.89 Å². The van der Waals surface area contributed by atoms with Gasteiger partial charge >= 0.3 is 0 Å². The molecule has 1 aromatic rings. The first kappa shape index (κ1) is 22.1. The van der Waals surface area contributed by atoms with Gasteiger partial charge in [-0.25, -0.2) is 0 Å². The van der Waals surface area contributed by atoms with Crippen LogP contribution in [0.25, 0.3) is 0 Å². The van der Waals surface area contributed by atoms with Gasteiger partial charge in [-0.15, -0.1) is 0 Å². The molecular formula is C23H40N6. The fourth-order valence-corrected chi connectivity index (χ4v) is 4.17. The summed E-state index contributed by atoms with van der Waals surface area (Å²) in [5, 5.41) is 6.94. The Kier molecular flexibility index (Phi) is 8.77. The maximum absolute atomic E-state index is 4.39. The van der Waals surface area contributed by atoms with Gasteiger partial charge in [-0.1, -0.05) is 31.2 Å². The van der Waals surface area contributed by atoms with E-state index in [2.05, 4.69) is 68.6 Å². The largest absolute Gasteiger partial charge is 0.356 e. The summed E-state index contributed by atoms with van der Waals surface area (Å²) >= 11 is 0. The van der Waals surface area contributed by atoms with Crippen molar-refractivity contribution in [2.75, 3.05) is 66.5 Å². The summed E-state index contributed by atoms with van der Waals surface area (Å²) in [7, 11) is 4.05. The van der Waals surface area contributed by atoms with E-state index in [1.54, 1.807) is 0 Å². The van der Waals surface area contributed by atoms with Crippen LogP contribution in [0.2, 0.25) is 0 Å². The Morgan fingerprint density at radius 3 is 2.24 bits per heavy atom. The molecule has 6 nitrogen and oxygen atoms in total.